The molecular formula is C20H26N4O4S. The highest BCUT2D eigenvalue weighted by Crippen LogP contribution is 2.16. The Labute approximate surface area is 171 Å². The van der Waals surface area contributed by atoms with Crippen molar-refractivity contribution in [2.24, 2.45) is 0 Å². The molecule has 0 unspecified atom stereocenters. The third-order valence-electron chi connectivity index (χ3n) is 4.68. The summed E-state index contributed by atoms with van der Waals surface area (Å²) in [6.45, 7) is 6.76. The molecule has 9 heteroatoms. The number of aromatic nitrogens is 1. The van der Waals surface area contributed by atoms with Crippen LogP contribution in [0.4, 0.5) is 5.82 Å². The van der Waals surface area contributed by atoms with Crippen LogP contribution in [0.2, 0.25) is 0 Å². The minimum atomic E-state index is -3.62. The highest BCUT2D eigenvalue weighted by molar-refractivity contribution is 7.89. The SMILES string of the molecule is Cc1ccc(C)c(S(=O)(=O)NCCNC(=O)c2ccc(N3CCOCC3)nc2)c1. The van der Waals surface area contributed by atoms with Gasteiger partial charge in [0, 0.05) is 32.4 Å². The van der Waals surface area contributed by atoms with Crippen LogP contribution in [0.15, 0.2) is 41.4 Å². The number of nitrogens with one attached hydrogen (secondary N) is 2. The highest BCUT2D eigenvalue weighted by Gasteiger charge is 2.17. The zero-order chi connectivity index (χ0) is 20.9. The van der Waals surface area contributed by atoms with E-state index in [4.69, 9.17) is 4.74 Å². The first-order chi connectivity index (χ1) is 13.9. The van der Waals surface area contributed by atoms with E-state index in [2.05, 4.69) is 19.9 Å². The van der Waals surface area contributed by atoms with Crippen LogP contribution in [-0.4, -0.2) is 58.7 Å². The zero-order valence-corrected chi connectivity index (χ0v) is 17.5. The van der Waals surface area contributed by atoms with E-state index >= 15 is 0 Å². The molecule has 1 aromatic carbocycles. The average Bonchev–Trinajstić information content (AvgIpc) is 2.73. The smallest absolute Gasteiger partial charge is 0.252 e. The number of carbonyl (C=O) groups excluding carboxylic acids is 1. The van der Waals surface area contributed by atoms with E-state index in [0.717, 1.165) is 24.5 Å². The third kappa shape index (κ3) is 5.53. The highest BCUT2D eigenvalue weighted by atomic mass is 32.2. The quantitative estimate of drug-likeness (QED) is 0.657. The molecule has 2 N–H and O–H groups in total. The second-order valence-electron chi connectivity index (χ2n) is 6.93. The Bertz CT molecular complexity index is 955. The fraction of sp³-hybridized carbons (Fsp3) is 0.400. The number of rotatable bonds is 7. The summed E-state index contributed by atoms with van der Waals surface area (Å²) in [5.74, 6) is 0.517. The summed E-state index contributed by atoms with van der Waals surface area (Å²) in [4.78, 5) is 19.0. The van der Waals surface area contributed by atoms with Crippen molar-refractivity contribution in [1.82, 2.24) is 15.0 Å². The molecule has 29 heavy (non-hydrogen) atoms. The molecule has 1 amide bonds. The molecule has 1 fully saturated rings. The Balaban J connectivity index is 1.50. The number of hydrogen-bond acceptors (Lipinski definition) is 6. The van der Waals surface area contributed by atoms with Gasteiger partial charge in [0.15, 0.2) is 0 Å². The number of nitrogens with zero attached hydrogens (tertiary/aromatic N) is 2. The lowest BCUT2D eigenvalue weighted by molar-refractivity contribution is 0.0954. The maximum atomic E-state index is 12.5. The average molecular weight is 419 g/mol. The molecule has 1 aliphatic rings. The zero-order valence-electron chi connectivity index (χ0n) is 16.6. The molecule has 0 aliphatic carbocycles. The van der Waals surface area contributed by atoms with Crippen LogP contribution in [0, 0.1) is 13.8 Å². The van der Waals surface area contributed by atoms with E-state index < -0.39 is 10.0 Å². The number of benzene rings is 1. The summed E-state index contributed by atoms with van der Waals surface area (Å²) < 4.78 is 32.8. The van der Waals surface area contributed by atoms with Crippen molar-refractivity contribution in [3.8, 4) is 0 Å². The van der Waals surface area contributed by atoms with Crippen LogP contribution in [-0.2, 0) is 14.8 Å². The first-order valence-corrected chi connectivity index (χ1v) is 11.0. The Hall–Kier alpha value is -2.49. The molecule has 8 nitrogen and oxygen atoms in total. The van der Waals surface area contributed by atoms with Gasteiger partial charge in [-0.05, 0) is 43.2 Å². The molecule has 2 heterocycles. The number of aryl methyl sites for hydroxylation is 2. The van der Waals surface area contributed by atoms with Crippen LogP contribution in [0.3, 0.4) is 0 Å². The van der Waals surface area contributed by atoms with Crippen molar-refractivity contribution in [3.05, 3.63) is 53.2 Å². The Morgan fingerprint density at radius 1 is 1.14 bits per heavy atom. The molecule has 1 saturated heterocycles. The molecule has 1 aliphatic heterocycles. The number of anilines is 1. The van der Waals surface area contributed by atoms with E-state index in [1.807, 2.05) is 19.1 Å². The van der Waals surface area contributed by atoms with Crippen LogP contribution in [0.25, 0.3) is 0 Å². The van der Waals surface area contributed by atoms with Crippen molar-refractivity contribution >= 4 is 21.7 Å². The van der Waals surface area contributed by atoms with E-state index in [9.17, 15) is 13.2 Å². The van der Waals surface area contributed by atoms with Gasteiger partial charge in [0.05, 0.1) is 23.7 Å². The first kappa shape index (κ1) is 21.2. The van der Waals surface area contributed by atoms with Gasteiger partial charge in [-0.15, -0.1) is 0 Å². The molecule has 1 aromatic heterocycles. The number of morpholine rings is 1. The minimum Gasteiger partial charge on any atom is -0.378 e. The largest absolute Gasteiger partial charge is 0.378 e. The van der Waals surface area contributed by atoms with Gasteiger partial charge in [0.2, 0.25) is 10.0 Å². The fourth-order valence-corrected chi connectivity index (χ4v) is 4.40. The molecular weight excluding hydrogens is 392 g/mol. The van der Waals surface area contributed by atoms with E-state index in [-0.39, 0.29) is 23.9 Å². The topological polar surface area (TPSA) is 101 Å². The van der Waals surface area contributed by atoms with Crippen molar-refractivity contribution in [3.63, 3.8) is 0 Å². The fourth-order valence-electron chi connectivity index (χ4n) is 3.04. The molecule has 0 radical (unpaired) electrons. The van der Waals surface area contributed by atoms with Gasteiger partial charge < -0.3 is 15.0 Å². The lowest BCUT2D eigenvalue weighted by Gasteiger charge is -2.27. The van der Waals surface area contributed by atoms with Crippen molar-refractivity contribution in [1.29, 1.82) is 0 Å². The van der Waals surface area contributed by atoms with Crippen LogP contribution in [0.5, 0.6) is 0 Å². The lowest BCUT2D eigenvalue weighted by atomic mass is 10.2. The lowest BCUT2D eigenvalue weighted by Crippen LogP contribution is -2.37. The number of carbonyl (C=O) groups is 1. The maximum absolute atomic E-state index is 12.5. The predicted octanol–water partition coefficient (Wildman–Crippen LogP) is 1.24. The van der Waals surface area contributed by atoms with Gasteiger partial charge in [-0.2, -0.15) is 0 Å². The summed E-state index contributed by atoms with van der Waals surface area (Å²) in [6.07, 6.45) is 1.53. The minimum absolute atomic E-state index is 0.0980. The molecule has 3 rings (SSSR count). The van der Waals surface area contributed by atoms with Crippen LogP contribution in [0.1, 0.15) is 21.5 Å². The first-order valence-electron chi connectivity index (χ1n) is 9.51. The van der Waals surface area contributed by atoms with Gasteiger partial charge >= 0.3 is 0 Å². The number of amides is 1. The summed E-state index contributed by atoms with van der Waals surface area (Å²) in [5, 5.41) is 2.71. The maximum Gasteiger partial charge on any atom is 0.252 e. The number of hydrogen-bond donors (Lipinski definition) is 2. The number of sulfonamides is 1. The second-order valence-corrected chi connectivity index (χ2v) is 8.66. The normalized spacial score (nSPS) is 14.6. The second kappa shape index (κ2) is 9.34. The van der Waals surface area contributed by atoms with Gasteiger partial charge in [-0.25, -0.2) is 18.1 Å². The van der Waals surface area contributed by atoms with Crippen LogP contribution < -0.4 is 14.9 Å². The van der Waals surface area contributed by atoms with Crippen molar-refractivity contribution in [2.45, 2.75) is 18.7 Å². The van der Waals surface area contributed by atoms with Gasteiger partial charge in [-0.1, -0.05) is 12.1 Å². The number of ether oxygens (including phenoxy) is 1. The summed E-state index contributed by atoms with van der Waals surface area (Å²) >= 11 is 0. The van der Waals surface area contributed by atoms with Crippen molar-refractivity contribution in [2.75, 3.05) is 44.3 Å². The molecule has 0 saturated carbocycles. The number of pyridine rings is 1. The molecule has 0 spiro atoms. The predicted molar refractivity (Wildman–Crippen MR) is 111 cm³/mol. The molecule has 0 bridgehead atoms. The monoisotopic (exact) mass is 418 g/mol. The summed E-state index contributed by atoms with van der Waals surface area (Å²) in [5.41, 5.74) is 1.98. The van der Waals surface area contributed by atoms with Gasteiger partial charge in [-0.3, -0.25) is 4.79 Å². The van der Waals surface area contributed by atoms with E-state index in [1.165, 1.54) is 6.20 Å². The standard InChI is InChI=1S/C20H26N4O4S/c1-15-3-4-16(2)18(13-15)29(26,27)23-8-7-21-20(25)17-5-6-19(22-14-17)24-9-11-28-12-10-24/h3-6,13-14,23H,7-12H2,1-2H3,(H,21,25). The summed E-state index contributed by atoms with van der Waals surface area (Å²) in [7, 11) is -3.62. The van der Waals surface area contributed by atoms with E-state index in [0.29, 0.717) is 24.3 Å². The molecule has 0 atom stereocenters. The van der Waals surface area contributed by atoms with Gasteiger partial charge in [0.25, 0.3) is 5.91 Å². The molecule has 2 aromatic rings. The molecule has 156 valence electrons. The third-order valence-corrected chi connectivity index (χ3v) is 6.28. The van der Waals surface area contributed by atoms with Crippen LogP contribution >= 0.6 is 0 Å². The Morgan fingerprint density at radius 2 is 1.90 bits per heavy atom. The Morgan fingerprint density at radius 3 is 2.59 bits per heavy atom. The Kier molecular flexibility index (Phi) is 6.83. The summed E-state index contributed by atoms with van der Waals surface area (Å²) in [6, 6.07) is 8.81. The van der Waals surface area contributed by atoms with Gasteiger partial charge in [0.1, 0.15) is 5.82 Å². The van der Waals surface area contributed by atoms with E-state index in [1.54, 1.807) is 25.1 Å². The van der Waals surface area contributed by atoms with Crippen molar-refractivity contribution < 1.29 is 17.9 Å².